The fraction of sp³-hybridized carbons (Fsp3) is 0.130. The second-order valence-corrected chi connectivity index (χ2v) is 6.70. The monoisotopic (exact) mass is 440 g/mol. The molecule has 1 nitrogen and oxygen atoms in total. The molecule has 0 bridgehead atoms. The van der Waals surface area contributed by atoms with Crippen LogP contribution < -0.4 is 4.74 Å². The maximum Gasteiger partial charge on any atom is 0.422 e. The lowest BCUT2D eigenvalue weighted by Gasteiger charge is -2.15. The largest absolute Gasteiger partial charge is 0.451 e. The molecule has 0 aliphatic rings. The first-order valence-electron chi connectivity index (χ1n) is 8.96. The average Bonchev–Trinajstić information content (AvgIpc) is 2.74. The zero-order valence-electron chi connectivity index (χ0n) is 16.3. The van der Waals surface area contributed by atoms with Crippen molar-refractivity contribution in [3.63, 3.8) is 0 Å². The van der Waals surface area contributed by atoms with Crippen molar-refractivity contribution in [3.8, 4) is 11.5 Å². The molecule has 0 saturated heterocycles. The lowest BCUT2D eigenvalue weighted by Crippen LogP contribution is -2.15. The lowest BCUT2D eigenvalue weighted by atomic mass is 9.97. The van der Waals surface area contributed by atoms with Gasteiger partial charge in [0.05, 0.1) is 0 Å². The highest BCUT2D eigenvalue weighted by atomic mass is 19.4. The van der Waals surface area contributed by atoms with Crippen molar-refractivity contribution in [2.75, 3.05) is 0 Å². The van der Waals surface area contributed by atoms with Crippen LogP contribution in [-0.2, 0) is 6.18 Å². The van der Waals surface area contributed by atoms with Gasteiger partial charge in [-0.15, -0.1) is 0 Å². The van der Waals surface area contributed by atoms with Gasteiger partial charge in [-0.05, 0) is 48.3 Å². The molecule has 0 aromatic heterocycles. The molecule has 0 fully saturated rings. The van der Waals surface area contributed by atoms with E-state index in [1.807, 2.05) is 44.2 Å². The van der Waals surface area contributed by atoms with Crippen LogP contribution in [0.15, 0.2) is 54.6 Å². The summed E-state index contributed by atoms with van der Waals surface area (Å²) in [5, 5.41) is 0. The van der Waals surface area contributed by atoms with Crippen molar-refractivity contribution in [1.29, 1.82) is 0 Å². The summed E-state index contributed by atoms with van der Waals surface area (Å²) in [4.78, 5) is 0. The van der Waals surface area contributed by atoms with Crippen molar-refractivity contribution in [1.82, 2.24) is 0 Å². The Labute approximate surface area is 173 Å². The Morgan fingerprint density at radius 3 is 1.55 bits per heavy atom. The number of rotatable bonds is 4. The van der Waals surface area contributed by atoms with Crippen LogP contribution >= 0.6 is 0 Å². The van der Waals surface area contributed by atoms with Gasteiger partial charge in [0.1, 0.15) is 11.3 Å². The molecule has 0 aliphatic heterocycles. The predicted molar refractivity (Wildman–Crippen MR) is 102 cm³/mol. The van der Waals surface area contributed by atoms with E-state index in [1.165, 1.54) is 12.1 Å². The van der Waals surface area contributed by atoms with E-state index in [-0.39, 0.29) is 5.75 Å². The minimum atomic E-state index is -5.61. The molecular formula is C23H15F7O. The third-order valence-corrected chi connectivity index (χ3v) is 4.78. The topological polar surface area (TPSA) is 9.23 Å². The molecule has 0 amide bonds. The maximum absolute atomic E-state index is 14.0. The zero-order valence-corrected chi connectivity index (χ0v) is 16.3. The molecule has 0 aliphatic carbocycles. The minimum absolute atomic E-state index is 0.217. The second-order valence-electron chi connectivity index (χ2n) is 6.70. The van der Waals surface area contributed by atoms with E-state index < -0.39 is 40.8 Å². The van der Waals surface area contributed by atoms with Crippen molar-refractivity contribution < 1.29 is 35.5 Å². The van der Waals surface area contributed by atoms with Crippen LogP contribution in [0.5, 0.6) is 11.5 Å². The Bertz CT molecular complexity index is 1100. The standard InChI is InChI=1S/C23H15F7O/c1-12(14-6-4-3-5-7-14)13(2)15-8-10-16(11-9-15)31-22-20(26)18(24)17(23(28,29)30)19(25)21(22)27/h3-11H,1-2H3/b13-12+. The first kappa shape index (κ1) is 22.4. The van der Waals surface area contributed by atoms with Crippen LogP contribution in [-0.4, -0.2) is 0 Å². The Morgan fingerprint density at radius 1 is 0.645 bits per heavy atom. The van der Waals surface area contributed by atoms with Crippen LogP contribution in [0.2, 0.25) is 0 Å². The highest BCUT2D eigenvalue weighted by Gasteiger charge is 2.42. The molecule has 162 valence electrons. The summed E-state index contributed by atoms with van der Waals surface area (Å²) in [7, 11) is 0. The van der Waals surface area contributed by atoms with E-state index in [1.54, 1.807) is 12.1 Å². The maximum atomic E-state index is 14.0. The van der Waals surface area contributed by atoms with Crippen molar-refractivity contribution in [2.24, 2.45) is 0 Å². The van der Waals surface area contributed by atoms with E-state index in [0.717, 1.165) is 22.3 Å². The fourth-order valence-electron chi connectivity index (χ4n) is 2.96. The molecule has 0 N–H and O–H groups in total. The molecule has 0 saturated carbocycles. The summed E-state index contributed by atoms with van der Waals surface area (Å²) in [5.41, 5.74) is 0.932. The highest BCUT2D eigenvalue weighted by Crippen LogP contribution is 2.40. The number of benzene rings is 3. The molecule has 31 heavy (non-hydrogen) atoms. The number of hydrogen-bond acceptors (Lipinski definition) is 1. The van der Waals surface area contributed by atoms with Crippen LogP contribution in [0.1, 0.15) is 30.5 Å². The number of ether oxygens (including phenoxy) is 1. The van der Waals surface area contributed by atoms with Gasteiger partial charge >= 0.3 is 6.18 Å². The van der Waals surface area contributed by atoms with Gasteiger partial charge in [0.2, 0.25) is 17.4 Å². The second kappa shape index (κ2) is 8.45. The number of halogens is 7. The molecule has 3 aromatic carbocycles. The zero-order chi connectivity index (χ0) is 22.9. The first-order valence-corrected chi connectivity index (χ1v) is 8.96. The van der Waals surface area contributed by atoms with Crippen LogP contribution in [0, 0.1) is 23.3 Å². The Balaban J connectivity index is 1.94. The van der Waals surface area contributed by atoms with Crippen molar-refractivity contribution in [2.45, 2.75) is 20.0 Å². The quantitative estimate of drug-likeness (QED) is 0.227. The molecule has 0 unspecified atom stereocenters. The van der Waals surface area contributed by atoms with Gasteiger partial charge < -0.3 is 4.74 Å². The Hall–Kier alpha value is -3.29. The SMILES string of the molecule is C/C(=C(/C)c1ccc(Oc2c(F)c(F)c(C(F)(F)F)c(F)c2F)cc1)c1ccccc1. The van der Waals surface area contributed by atoms with Crippen molar-refractivity contribution in [3.05, 3.63) is 94.6 Å². The molecular weight excluding hydrogens is 425 g/mol. The summed E-state index contributed by atoms with van der Waals surface area (Å²) < 4.78 is 98.3. The van der Waals surface area contributed by atoms with Crippen molar-refractivity contribution >= 4 is 11.1 Å². The van der Waals surface area contributed by atoms with Gasteiger partial charge in [-0.3, -0.25) is 0 Å². The van der Waals surface area contributed by atoms with Crippen LogP contribution in [0.4, 0.5) is 30.7 Å². The van der Waals surface area contributed by atoms with Crippen LogP contribution in [0.3, 0.4) is 0 Å². The van der Waals surface area contributed by atoms with Gasteiger partial charge in [-0.2, -0.15) is 22.0 Å². The first-order chi connectivity index (χ1) is 14.5. The normalized spacial score (nSPS) is 12.5. The number of hydrogen-bond donors (Lipinski definition) is 0. The van der Waals surface area contributed by atoms with Gasteiger partial charge in [0.15, 0.2) is 11.6 Å². The predicted octanol–water partition coefficient (Wildman–Crippen LogP) is 8.00. The molecule has 8 heteroatoms. The van der Waals surface area contributed by atoms with E-state index in [4.69, 9.17) is 4.74 Å². The molecule has 3 rings (SSSR count). The smallest absolute Gasteiger partial charge is 0.422 e. The van der Waals surface area contributed by atoms with Gasteiger partial charge in [-0.25, -0.2) is 8.78 Å². The van der Waals surface area contributed by atoms with Gasteiger partial charge in [-0.1, -0.05) is 42.5 Å². The molecule has 0 atom stereocenters. The fourth-order valence-corrected chi connectivity index (χ4v) is 2.96. The van der Waals surface area contributed by atoms with E-state index in [9.17, 15) is 30.7 Å². The van der Waals surface area contributed by atoms with E-state index in [2.05, 4.69) is 0 Å². The summed E-state index contributed by atoms with van der Waals surface area (Å²) >= 11 is 0. The summed E-state index contributed by atoms with van der Waals surface area (Å²) in [6.45, 7) is 3.77. The summed E-state index contributed by atoms with van der Waals surface area (Å²) in [5.74, 6) is -11.5. The molecule has 3 aromatic rings. The average molecular weight is 440 g/mol. The number of alkyl halides is 3. The lowest BCUT2D eigenvalue weighted by molar-refractivity contribution is -0.143. The summed E-state index contributed by atoms with van der Waals surface area (Å²) in [6.07, 6.45) is -5.61. The van der Waals surface area contributed by atoms with Crippen LogP contribution in [0.25, 0.3) is 11.1 Å². The molecule has 0 radical (unpaired) electrons. The molecule has 0 heterocycles. The Morgan fingerprint density at radius 2 is 1.10 bits per heavy atom. The highest BCUT2D eigenvalue weighted by molar-refractivity contribution is 5.88. The minimum Gasteiger partial charge on any atom is -0.451 e. The Kier molecular flexibility index (Phi) is 6.10. The molecule has 0 spiro atoms. The van der Waals surface area contributed by atoms with E-state index >= 15 is 0 Å². The third-order valence-electron chi connectivity index (χ3n) is 4.78. The number of allylic oxidation sites excluding steroid dienone is 2. The third kappa shape index (κ3) is 4.42. The summed E-state index contributed by atoms with van der Waals surface area (Å²) in [6, 6.07) is 15.2. The van der Waals surface area contributed by atoms with E-state index in [0.29, 0.717) is 0 Å². The van der Waals surface area contributed by atoms with Gasteiger partial charge in [0, 0.05) is 0 Å². The van der Waals surface area contributed by atoms with Gasteiger partial charge in [0.25, 0.3) is 0 Å².